The molecule has 0 aliphatic rings. The van der Waals surface area contributed by atoms with E-state index in [1.807, 2.05) is 0 Å². The van der Waals surface area contributed by atoms with E-state index >= 15 is 0 Å². The molecule has 2 aromatic heterocycles. The summed E-state index contributed by atoms with van der Waals surface area (Å²) >= 11 is 0. The van der Waals surface area contributed by atoms with Gasteiger partial charge in [-0.25, -0.2) is 9.97 Å². The number of aromatic nitrogens is 3. The Kier molecular flexibility index (Phi) is 1.59. The third-order valence-electron chi connectivity index (χ3n) is 1.52. The smallest absolute Gasteiger partial charge is 0.299 e. The van der Waals surface area contributed by atoms with Crippen molar-refractivity contribution in [2.45, 2.75) is 0 Å². The summed E-state index contributed by atoms with van der Waals surface area (Å²) in [5, 5.41) is 9.16. The van der Waals surface area contributed by atoms with Crippen molar-refractivity contribution in [3.63, 3.8) is 0 Å². The second-order valence-corrected chi connectivity index (χ2v) is 2.29. The number of carbonyl (C=O) groups excluding carboxylic acids is 1. The van der Waals surface area contributed by atoms with Crippen LogP contribution in [0, 0.1) is 0 Å². The predicted octanol–water partition coefficient (Wildman–Crippen LogP) is 0.199. The number of ether oxygens (including phenoxy) is 1. The molecular formula is C7H5N3O3. The molecule has 2 aromatic rings. The summed E-state index contributed by atoms with van der Waals surface area (Å²) in [7, 11) is 0. The Balaban J connectivity index is 2.56. The van der Waals surface area contributed by atoms with Gasteiger partial charge < -0.3 is 14.8 Å². The van der Waals surface area contributed by atoms with E-state index in [0.29, 0.717) is 11.0 Å². The number of hydrogen-bond donors (Lipinski definition) is 2. The number of aromatic amines is 1. The minimum Gasteiger partial charge on any atom is -0.493 e. The summed E-state index contributed by atoms with van der Waals surface area (Å²) in [6.07, 6.45) is 2.72. The fourth-order valence-electron chi connectivity index (χ4n) is 0.981. The fraction of sp³-hybridized carbons (Fsp3) is 0. The average molecular weight is 179 g/mol. The molecule has 0 aromatic carbocycles. The highest BCUT2D eigenvalue weighted by atomic mass is 16.5. The van der Waals surface area contributed by atoms with Crippen LogP contribution in [0.4, 0.5) is 0 Å². The maximum absolute atomic E-state index is 9.97. The van der Waals surface area contributed by atoms with E-state index in [-0.39, 0.29) is 18.2 Å². The minimum atomic E-state index is -0.0554. The molecule has 0 fully saturated rings. The summed E-state index contributed by atoms with van der Waals surface area (Å²) in [5.41, 5.74) is 0.787. The van der Waals surface area contributed by atoms with Crippen LogP contribution in [0.5, 0.6) is 11.8 Å². The third kappa shape index (κ3) is 1.18. The standard InChI is InChI=1S/C7H5N3O3/c11-3-13-5-2-8-6-4(10-5)1-9-7(6)12/h1-3,9,12H. The van der Waals surface area contributed by atoms with Gasteiger partial charge in [0, 0.05) is 6.20 Å². The first-order chi connectivity index (χ1) is 6.31. The van der Waals surface area contributed by atoms with E-state index in [1.54, 1.807) is 0 Å². The first-order valence-corrected chi connectivity index (χ1v) is 3.44. The Morgan fingerprint density at radius 1 is 1.62 bits per heavy atom. The summed E-state index contributed by atoms with van der Waals surface area (Å²) in [6.45, 7) is 0.266. The van der Waals surface area contributed by atoms with Gasteiger partial charge in [0.1, 0.15) is 5.52 Å². The molecule has 6 nitrogen and oxygen atoms in total. The number of nitrogens with one attached hydrogen (secondary N) is 1. The van der Waals surface area contributed by atoms with Crippen molar-refractivity contribution in [3.05, 3.63) is 12.4 Å². The number of nitrogens with zero attached hydrogens (tertiary/aromatic N) is 2. The Hall–Kier alpha value is -2.11. The number of hydrogen-bond acceptors (Lipinski definition) is 5. The zero-order valence-corrected chi connectivity index (χ0v) is 6.39. The summed E-state index contributed by atoms with van der Waals surface area (Å²) in [5.74, 6) is 0.0432. The largest absolute Gasteiger partial charge is 0.493 e. The van der Waals surface area contributed by atoms with E-state index in [2.05, 4.69) is 19.7 Å². The van der Waals surface area contributed by atoms with Crippen LogP contribution < -0.4 is 4.74 Å². The molecule has 0 bridgehead atoms. The Bertz CT molecular complexity index is 451. The van der Waals surface area contributed by atoms with Gasteiger partial charge in [0.05, 0.1) is 6.20 Å². The van der Waals surface area contributed by atoms with Crippen molar-refractivity contribution in [2.75, 3.05) is 0 Å². The molecule has 0 unspecified atom stereocenters. The van der Waals surface area contributed by atoms with E-state index in [4.69, 9.17) is 5.11 Å². The highest BCUT2D eigenvalue weighted by Gasteiger charge is 2.05. The first kappa shape index (κ1) is 7.53. The van der Waals surface area contributed by atoms with E-state index in [9.17, 15) is 4.79 Å². The lowest BCUT2D eigenvalue weighted by Gasteiger charge is -1.94. The first-order valence-electron chi connectivity index (χ1n) is 3.44. The van der Waals surface area contributed by atoms with E-state index < -0.39 is 0 Å². The van der Waals surface area contributed by atoms with Gasteiger partial charge in [0.15, 0.2) is 5.52 Å². The zero-order chi connectivity index (χ0) is 9.26. The molecule has 0 spiro atoms. The Morgan fingerprint density at radius 2 is 2.46 bits per heavy atom. The van der Waals surface area contributed by atoms with Crippen molar-refractivity contribution in [3.8, 4) is 11.8 Å². The van der Waals surface area contributed by atoms with Crippen LogP contribution in [0.3, 0.4) is 0 Å². The number of fused-ring (bicyclic) bond motifs is 1. The zero-order valence-electron chi connectivity index (χ0n) is 6.39. The molecule has 66 valence electrons. The lowest BCUT2D eigenvalue weighted by atomic mass is 10.5. The lowest BCUT2D eigenvalue weighted by molar-refractivity contribution is -0.120. The van der Waals surface area contributed by atoms with Gasteiger partial charge >= 0.3 is 0 Å². The fourth-order valence-corrected chi connectivity index (χ4v) is 0.981. The van der Waals surface area contributed by atoms with Gasteiger partial charge in [-0.05, 0) is 0 Å². The highest BCUT2D eigenvalue weighted by Crippen LogP contribution is 2.20. The van der Waals surface area contributed by atoms with Crippen LogP contribution in [0.15, 0.2) is 12.4 Å². The summed E-state index contributed by atoms with van der Waals surface area (Å²) < 4.78 is 4.47. The van der Waals surface area contributed by atoms with Crippen LogP contribution in [-0.4, -0.2) is 26.5 Å². The molecule has 0 atom stereocenters. The van der Waals surface area contributed by atoms with Crippen LogP contribution in [-0.2, 0) is 4.79 Å². The molecule has 2 heterocycles. The molecule has 0 saturated carbocycles. The topological polar surface area (TPSA) is 88.1 Å². The van der Waals surface area contributed by atoms with Gasteiger partial charge in [-0.1, -0.05) is 0 Å². The van der Waals surface area contributed by atoms with E-state index in [1.165, 1.54) is 12.4 Å². The maximum atomic E-state index is 9.97. The number of aromatic hydroxyl groups is 1. The van der Waals surface area contributed by atoms with Gasteiger partial charge in [-0.15, -0.1) is 0 Å². The van der Waals surface area contributed by atoms with Crippen LogP contribution in [0.25, 0.3) is 11.0 Å². The van der Waals surface area contributed by atoms with Crippen molar-refractivity contribution in [1.82, 2.24) is 15.0 Å². The molecular weight excluding hydrogens is 174 g/mol. The monoisotopic (exact) mass is 179 g/mol. The lowest BCUT2D eigenvalue weighted by Crippen LogP contribution is -1.92. The third-order valence-corrected chi connectivity index (χ3v) is 1.52. The number of H-pyrrole nitrogens is 1. The minimum absolute atomic E-state index is 0.0554. The van der Waals surface area contributed by atoms with Gasteiger partial charge in [-0.3, -0.25) is 4.79 Å². The van der Waals surface area contributed by atoms with Crippen LogP contribution in [0.1, 0.15) is 0 Å². The molecule has 13 heavy (non-hydrogen) atoms. The second-order valence-electron chi connectivity index (χ2n) is 2.29. The molecule has 0 aliphatic carbocycles. The quantitative estimate of drug-likeness (QED) is 0.643. The maximum Gasteiger partial charge on any atom is 0.299 e. The molecule has 2 N–H and O–H groups in total. The highest BCUT2D eigenvalue weighted by molar-refractivity contribution is 5.79. The number of rotatable bonds is 2. The molecule has 0 aliphatic heterocycles. The van der Waals surface area contributed by atoms with Crippen molar-refractivity contribution < 1.29 is 14.6 Å². The summed E-state index contributed by atoms with van der Waals surface area (Å²) in [4.78, 5) is 20.2. The molecule has 0 saturated heterocycles. The predicted molar refractivity (Wildman–Crippen MR) is 42.2 cm³/mol. The van der Waals surface area contributed by atoms with Gasteiger partial charge in [0.25, 0.3) is 6.47 Å². The molecule has 0 radical (unpaired) electrons. The van der Waals surface area contributed by atoms with Gasteiger partial charge in [-0.2, -0.15) is 0 Å². The average Bonchev–Trinajstić information content (AvgIpc) is 2.48. The Labute approximate surface area is 72.2 Å². The molecule has 0 amide bonds. The summed E-state index contributed by atoms with van der Waals surface area (Å²) in [6, 6.07) is 0. The second kappa shape index (κ2) is 2.74. The SMILES string of the molecule is O=COc1cnc2c(O)[nH]cc2n1. The molecule has 6 heteroatoms. The van der Waals surface area contributed by atoms with E-state index in [0.717, 1.165) is 0 Å². The van der Waals surface area contributed by atoms with Crippen LogP contribution >= 0.6 is 0 Å². The number of carbonyl (C=O) groups is 1. The van der Waals surface area contributed by atoms with Gasteiger partial charge in [0.2, 0.25) is 11.8 Å². The molecule has 2 rings (SSSR count). The normalized spacial score (nSPS) is 10.2. The van der Waals surface area contributed by atoms with Crippen molar-refractivity contribution in [2.24, 2.45) is 0 Å². The Morgan fingerprint density at radius 3 is 3.23 bits per heavy atom. The van der Waals surface area contributed by atoms with Crippen molar-refractivity contribution >= 4 is 17.5 Å². The van der Waals surface area contributed by atoms with Crippen molar-refractivity contribution in [1.29, 1.82) is 0 Å². The van der Waals surface area contributed by atoms with Crippen LogP contribution in [0.2, 0.25) is 0 Å².